The molecule has 1 N–H and O–H groups in total. The van der Waals surface area contributed by atoms with Crippen LogP contribution in [0.2, 0.25) is 0 Å². The molecule has 124 valence electrons. The molecule has 0 atom stereocenters. The zero-order valence-corrected chi connectivity index (χ0v) is 14.3. The van der Waals surface area contributed by atoms with Crippen LogP contribution in [0.4, 0.5) is 0 Å². The molecule has 5 nitrogen and oxygen atoms in total. The van der Waals surface area contributed by atoms with E-state index in [1.165, 1.54) is 4.68 Å². The molecule has 0 aliphatic carbocycles. The Hall–Kier alpha value is -2.30. The molecule has 0 aliphatic heterocycles. The smallest absolute Gasteiger partial charge is 0.345 e. The molecule has 1 aromatic carbocycles. The van der Waals surface area contributed by atoms with Crippen LogP contribution in [0, 0.1) is 0 Å². The van der Waals surface area contributed by atoms with Gasteiger partial charge in [0.05, 0.1) is 17.8 Å². The molecular formula is C18H24N2O3. The van der Waals surface area contributed by atoms with Gasteiger partial charge in [0.25, 0.3) is 5.56 Å². The van der Waals surface area contributed by atoms with Gasteiger partial charge in [-0.1, -0.05) is 44.2 Å². The fraction of sp³-hybridized carbons (Fsp3) is 0.444. The molecule has 1 heterocycles. The van der Waals surface area contributed by atoms with Crippen molar-refractivity contribution >= 4 is 5.97 Å². The molecule has 0 fully saturated rings. The minimum absolute atomic E-state index is 0.00919. The van der Waals surface area contributed by atoms with E-state index in [4.69, 9.17) is 4.74 Å². The molecular weight excluding hydrogens is 292 g/mol. The Morgan fingerprint density at radius 2 is 1.87 bits per heavy atom. The van der Waals surface area contributed by atoms with E-state index in [0.29, 0.717) is 5.69 Å². The van der Waals surface area contributed by atoms with Crippen molar-refractivity contribution in [1.29, 1.82) is 0 Å². The highest BCUT2D eigenvalue weighted by atomic mass is 16.5. The number of ether oxygens (including phenoxy) is 1. The van der Waals surface area contributed by atoms with Gasteiger partial charge in [-0.05, 0) is 32.3 Å². The quantitative estimate of drug-likeness (QED) is 0.861. The van der Waals surface area contributed by atoms with Crippen LogP contribution in [0.25, 0.3) is 0 Å². The van der Waals surface area contributed by atoms with Gasteiger partial charge >= 0.3 is 5.97 Å². The van der Waals surface area contributed by atoms with E-state index < -0.39 is 11.5 Å². The summed E-state index contributed by atoms with van der Waals surface area (Å²) in [6, 6.07) is 9.72. The predicted octanol–water partition coefficient (Wildman–Crippen LogP) is 3.26. The molecule has 23 heavy (non-hydrogen) atoms. The summed E-state index contributed by atoms with van der Waals surface area (Å²) >= 11 is 0. The first-order valence-corrected chi connectivity index (χ1v) is 7.88. The molecule has 5 heteroatoms. The van der Waals surface area contributed by atoms with Crippen molar-refractivity contribution in [1.82, 2.24) is 9.78 Å². The number of rotatable bonds is 5. The first-order valence-electron chi connectivity index (χ1n) is 7.88. The zero-order chi connectivity index (χ0) is 17.2. The van der Waals surface area contributed by atoms with Crippen molar-refractivity contribution in [2.24, 2.45) is 0 Å². The molecule has 2 aromatic rings. The summed E-state index contributed by atoms with van der Waals surface area (Å²) in [6.07, 6.45) is 0. The van der Waals surface area contributed by atoms with Gasteiger partial charge in [-0.3, -0.25) is 9.89 Å². The summed E-state index contributed by atoms with van der Waals surface area (Å²) in [4.78, 5) is 25.1. The third-order valence-corrected chi connectivity index (χ3v) is 4.01. The SMILES string of the molecule is CCOC(=O)c1c(C(C)C)[nH]n(C(C)(C)c2ccccc2)c1=O. The van der Waals surface area contributed by atoms with Crippen molar-refractivity contribution in [2.45, 2.75) is 46.1 Å². The van der Waals surface area contributed by atoms with E-state index in [1.54, 1.807) is 6.92 Å². The van der Waals surface area contributed by atoms with Gasteiger partial charge in [0.2, 0.25) is 0 Å². The second-order valence-electron chi connectivity index (χ2n) is 6.34. The molecule has 0 saturated carbocycles. The second kappa shape index (κ2) is 6.44. The maximum atomic E-state index is 12.9. The largest absolute Gasteiger partial charge is 0.462 e. The van der Waals surface area contributed by atoms with E-state index in [0.717, 1.165) is 5.56 Å². The Morgan fingerprint density at radius 1 is 1.26 bits per heavy atom. The number of H-pyrrole nitrogens is 1. The van der Waals surface area contributed by atoms with E-state index in [9.17, 15) is 9.59 Å². The van der Waals surface area contributed by atoms with Gasteiger partial charge in [-0.2, -0.15) is 0 Å². The summed E-state index contributed by atoms with van der Waals surface area (Å²) in [5, 5.41) is 3.13. The lowest BCUT2D eigenvalue weighted by molar-refractivity contribution is 0.0523. The minimum atomic E-state index is -0.604. The Morgan fingerprint density at radius 3 is 2.39 bits per heavy atom. The number of hydrogen-bond donors (Lipinski definition) is 1. The molecule has 0 aliphatic rings. The molecule has 2 rings (SSSR count). The van der Waals surface area contributed by atoms with Gasteiger partial charge in [0, 0.05) is 0 Å². The first kappa shape index (κ1) is 17.1. The molecule has 0 radical (unpaired) electrons. The van der Waals surface area contributed by atoms with Crippen molar-refractivity contribution in [2.75, 3.05) is 6.61 Å². The number of nitrogens with one attached hydrogen (secondary N) is 1. The van der Waals surface area contributed by atoms with Crippen LogP contribution in [0.3, 0.4) is 0 Å². The summed E-state index contributed by atoms with van der Waals surface area (Å²) in [5.74, 6) is -0.560. The average molecular weight is 316 g/mol. The van der Waals surface area contributed by atoms with Crippen LogP contribution in [0.1, 0.15) is 62.2 Å². The average Bonchev–Trinajstić information content (AvgIpc) is 2.87. The number of carbonyl (C=O) groups excluding carboxylic acids is 1. The summed E-state index contributed by atoms with van der Waals surface area (Å²) in [5.41, 5.74) is 0.741. The normalized spacial score (nSPS) is 11.7. The number of nitrogens with zero attached hydrogens (tertiary/aromatic N) is 1. The van der Waals surface area contributed by atoms with Gasteiger partial charge in [0.15, 0.2) is 0 Å². The Bertz CT molecular complexity index is 739. The van der Waals surface area contributed by atoms with Gasteiger partial charge < -0.3 is 4.74 Å². The van der Waals surface area contributed by atoms with Crippen molar-refractivity contribution in [3.63, 3.8) is 0 Å². The van der Waals surface area contributed by atoms with E-state index in [1.807, 2.05) is 58.0 Å². The Balaban J connectivity index is 2.63. The van der Waals surface area contributed by atoms with Crippen molar-refractivity contribution < 1.29 is 9.53 Å². The third-order valence-electron chi connectivity index (χ3n) is 4.01. The van der Waals surface area contributed by atoms with Gasteiger partial charge in [0.1, 0.15) is 5.56 Å². The highest BCUT2D eigenvalue weighted by Crippen LogP contribution is 2.25. The molecule has 0 bridgehead atoms. The van der Waals surface area contributed by atoms with Crippen LogP contribution in [0.5, 0.6) is 0 Å². The monoisotopic (exact) mass is 316 g/mol. The third kappa shape index (κ3) is 3.09. The lowest BCUT2D eigenvalue weighted by Crippen LogP contribution is -2.37. The Kier molecular flexibility index (Phi) is 4.78. The summed E-state index contributed by atoms with van der Waals surface area (Å²) < 4.78 is 6.58. The highest BCUT2D eigenvalue weighted by Gasteiger charge is 2.31. The lowest BCUT2D eigenvalue weighted by atomic mass is 9.94. The molecule has 0 spiro atoms. The predicted molar refractivity (Wildman–Crippen MR) is 90.0 cm³/mol. The molecule has 0 saturated heterocycles. The number of benzene rings is 1. The van der Waals surface area contributed by atoms with E-state index in [-0.39, 0.29) is 23.6 Å². The first-order chi connectivity index (χ1) is 10.8. The van der Waals surface area contributed by atoms with Crippen LogP contribution < -0.4 is 5.56 Å². The number of carbonyl (C=O) groups is 1. The van der Waals surface area contributed by atoms with E-state index in [2.05, 4.69) is 5.10 Å². The number of hydrogen-bond acceptors (Lipinski definition) is 3. The molecule has 0 amide bonds. The molecule has 0 unspecified atom stereocenters. The Labute approximate surface area is 136 Å². The van der Waals surface area contributed by atoms with Crippen LogP contribution >= 0.6 is 0 Å². The van der Waals surface area contributed by atoms with Crippen molar-refractivity contribution in [3.8, 4) is 0 Å². The maximum Gasteiger partial charge on any atom is 0.345 e. The lowest BCUT2D eigenvalue weighted by Gasteiger charge is -2.26. The number of aromatic amines is 1. The summed E-state index contributed by atoms with van der Waals surface area (Å²) in [7, 11) is 0. The molecule has 1 aromatic heterocycles. The van der Waals surface area contributed by atoms with Crippen LogP contribution in [-0.2, 0) is 10.3 Å². The standard InChI is InChI=1S/C18H24N2O3/c1-6-23-17(22)14-15(12(2)3)19-20(16(14)21)18(4,5)13-10-8-7-9-11-13/h7-12,19H,6H2,1-5H3. The fourth-order valence-corrected chi connectivity index (χ4v) is 2.64. The van der Waals surface area contributed by atoms with Crippen LogP contribution in [-0.4, -0.2) is 22.4 Å². The van der Waals surface area contributed by atoms with Gasteiger partial charge in [-0.25, -0.2) is 9.48 Å². The topological polar surface area (TPSA) is 64.1 Å². The minimum Gasteiger partial charge on any atom is -0.462 e. The number of esters is 1. The van der Waals surface area contributed by atoms with Crippen molar-refractivity contribution in [3.05, 3.63) is 57.5 Å². The second-order valence-corrected chi connectivity index (χ2v) is 6.34. The highest BCUT2D eigenvalue weighted by molar-refractivity contribution is 5.90. The number of aromatic nitrogens is 2. The summed E-state index contributed by atoms with van der Waals surface area (Å²) in [6.45, 7) is 9.73. The maximum absolute atomic E-state index is 12.9. The van der Waals surface area contributed by atoms with E-state index >= 15 is 0 Å². The van der Waals surface area contributed by atoms with Crippen LogP contribution in [0.15, 0.2) is 35.1 Å². The zero-order valence-electron chi connectivity index (χ0n) is 14.3. The van der Waals surface area contributed by atoms with Gasteiger partial charge in [-0.15, -0.1) is 0 Å². The fourth-order valence-electron chi connectivity index (χ4n) is 2.64.